The molecule has 2 aromatic heterocycles. The first kappa shape index (κ1) is 22.9. The van der Waals surface area contributed by atoms with Gasteiger partial charge in [0.15, 0.2) is 0 Å². The number of aryl methyl sites for hydroxylation is 1. The number of rotatable bonds is 6. The molecule has 2 aromatic carbocycles. The number of H-pyrrole nitrogens is 1. The van der Waals surface area contributed by atoms with Crippen molar-refractivity contribution in [1.29, 1.82) is 0 Å². The van der Waals surface area contributed by atoms with E-state index in [1.807, 2.05) is 31.2 Å². The van der Waals surface area contributed by atoms with Crippen LogP contribution in [0.2, 0.25) is 0 Å². The summed E-state index contributed by atoms with van der Waals surface area (Å²) >= 11 is 0.989. The molecule has 0 fully saturated rings. The number of sulfonamides is 1. The Labute approximate surface area is 197 Å². The summed E-state index contributed by atoms with van der Waals surface area (Å²) in [4.78, 5) is 15.5. The average molecular weight is 474 g/mol. The zero-order chi connectivity index (χ0) is 23.6. The summed E-state index contributed by atoms with van der Waals surface area (Å²) in [6.07, 6.45) is 1.63. The summed E-state index contributed by atoms with van der Waals surface area (Å²) in [5.74, 6) is 4.68. The molecule has 0 unspecified atom stereocenters. The number of thiophene rings is 1. The van der Waals surface area contributed by atoms with E-state index in [0.29, 0.717) is 15.9 Å². The molecule has 33 heavy (non-hydrogen) atoms. The van der Waals surface area contributed by atoms with Crippen LogP contribution in [-0.4, -0.2) is 38.4 Å². The van der Waals surface area contributed by atoms with Gasteiger partial charge < -0.3 is 10.1 Å². The van der Waals surface area contributed by atoms with Crippen molar-refractivity contribution in [2.24, 2.45) is 0 Å². The van der Waals surface area contributed by atoms with Gasteiger partial charge in [-0.15, -0.1) is 11.3 Å². The standard InChI is InChI=1S/C24H19BN2O4S2/c1-15-2-4-16(5-3-15)6-8-19-9-11-23(32-19)33(30,31)27-22(24(28)29)12-17-14-26-21-10-7-18(25)13-20(17)21/h2-5,7,9-11,13-14,22,26-27H,12H2,1H3,(H,28,29)/t22-/m0/s1. The van der Waals surface area contributed by atoms with Crippen molar-refractivity contribution in [2.45, 2.75) is 23.6 Å². The van der Waals surface area contributed by atoms with Gasteiger partial charge in [-0.1, -0.05) is 47.1 Å². The minimum Gasteiger partial charge on any atom is -0.480 e. The van der Waals surface area contributed by atoms with E-state index in [1.54, 1.807) is 30.5 Å². The highest BCUT2D eigenvalue weighted by Gasteiger charge is 2.27. The van der Waals surface area contributed by atoms with Gasteiger partial charge in [0.25, 0.3) is 10.0 Å². The molecule has 1 atom stereocenters. The van der Waals surface area contributed by atoms with Crippen molar-refractivity contribution in [3.8, 4) is 11.8 Å². The molecule has 0 aliphatic rings. The van der Waals surface area contributed by atoms with Crippen molar-refractivity contribution in [2.75, 3.05) is 0 Å². The highest BCUT2D eigenvalue weighted by Crippen LogP contribution is 2.23. The first-order valence-electron chi connectivity index (χ1n) is 10.0. The van der Waals surface area contributed by atoms with Gasteiger partial charge in [0.2, 0.25) is 0 Å². The summed E-state index contributed by atoms with van der Waals surface area (Å²) in [6, 6.07) is 14.6. The highest BCUT2D eigenvalue weighted by molar-refractivity contribution is 7.91. The molecule has 2 radical (unpaired) electrons. The Hall–Kier alpha value is -3.32. The largest absolute Gasteiger partial charge is 0.480 e. The zero-order valence-electron chi connectivity index (χ0n) is 17.6. The number of hydrogen-bond donors (Lipinski definition) is 3. The van der Waals surface area contributed by atoms with Gasteiger partial charge in [0.1, 0.15) is 18.1 Å². The molecule has 164 valence electrons. The van der Waals surface area contributed by atoms with E-state index in [-0.39, 0.29) is 10.6 Å². The molecule has 4 aromatic rings. The predicted octanol–water partition coefficient (Wildman–Crippen LogP) is 2.71. The van der Waals surface area contributed by atoms with Gasteiger partial charge in [-0.05, 0) is 42.8 Å². The summed E-state index contributed by atoms with van der Waals surface area (Å²) in [5, 5.41) is 10.4. The number of carboxylic acids is 1. The smallest absolute Gasteiger partial charge is 0.322 e. The van der Waals surface area contributed by atoms with Crippen LogP contribution < -0.4 is 10.2 Å². The molecule has 4 rings (SSSR count). The molecular weight excluding hydrogens is 455 g/mol. The number of carbonyl (C=O) groups is 1. The molecule has 0 aliphatic heterocycles. The van der Waals surface area contributed by atoms with Gasteiger partial charge in [0.05, 0.1) is 4.88 Å². The predicted molar refractivity (Wildman–Crippen MR) is 131 cm³/mol. The molecule has 0 spiro atoms. The fourth-order valence-corrected chi connectivity index (χ4v) is 5.68. The van der Waals surface area contributed by atoms with Gasteiger partial charge in [-0.3, -0.25) is 4.79 Å². The van der Waals surface area contributed by atoms with Crippen molar-refractivity contribution >= 4 is 51.5 Å². The molecule has 0 amide bonds. The van der Waals surface area contributed by atoms with Crippen LogP contribution in [0.1, 0.15) is 21.6 Å². The van der Waals surface area contributed by atoms with E-state index in [1.165, 1.54) is 6.07 Å². The maximum Gasteiger partial charge on any atom is 0.322 e. The maximum atomic E-state index is 12.9. The number of nitrogens with one attached hydrogen (secondary N) is 2. The molecule has 0 saturated carbocycles. The second-order valence-electron chi connectivity index (χ2n) is 7.57. The lowest BCUT2D eigenvalue weighted by Gasteiger charge is -2.14. The molecular formula is C24H19BN2O4S2. The zero-order valence-corrected chi connectivity index (χ0v) is 19.3. The fraction of sp³-hybridized carbons (Fsp3) is 0.125. The minimum absolute atomic E-state index is 0.00475. The molecule has 3 N–H and O–H groups in total. The molecule has 0 bridgehead atoms. The topological polar surface area (TPSA) is 99.3 Å². The Kier molecular flexibility index (Phi) is 6.43. The third kappa shape index (κ3) is 5.37. The van der Waals surface area contributed by atoms with E-state index >= 15 is 0 Å². The van der Waals surface area contributed by atoms with Crippen LogP contribution >= 0.6 is 11.3 Å². The number of carboxylic acid groups (broad SMARTS) is 1. The van der Waals surface area contributed by atoms with Crippen LogP contribution in [0.5, 0.6) is 0 Å². The van der Waals surface area contributed by atoms with Gasteiger partial charge >= 0.3 is 5.97 Å². The van der Waals surface area contributed by atoms with Crippen LogP contribution in [0.15, 0.2) is 65.0 Å². The van der Waals surface area contributed by atoms with Crippen LogP contribution in [0.3, 0.4) is 0 Å². The Morgan fingerprint density at radius 3 is 2.64 bits per heavy atom. The lowest BCUT2D eigenvalue weighted by Crippen LogP contribution is -2.42. The summed E-state index contributed by atoms with van der Waals surface area (Å²) < 4.78 is 28.1. The van der Waals surface area contributed by atoms with E-state index in [0.717, 1.165) is 33.4 Å². The van der Waals surface area contributed by atoms with E-state index < -0.39 is 22.0 Å². The molecule has 2 heterocycles. The lowest BCUT2D eigenvalue weighted by molar-refractivity contribution is -0.138. The third-order valence-electron chi connectivity index (χ3n) is 5.04. The number of aliphatic carboxylic acids is 1. The Bertz CT molecular complexity index is 1490. The van der Waals surface area contributed by atoms with E-state index in [2.05, 4.69) is 21.5 Å². The summed E-state index contributed by atoms with van der Waals surface area (Å²) in [5.41, 5.74) is 3.93. The quantitative estimate of drug-likeness (QED) is 0.296. The van der Waals surface area contributed by atoms with Crippen molar-refractivity contribution in [3.05, 3.63) is 82.4 Å². The molecule has 0 aliphatic carbocycles. The second-order valence-corrected chi connectivity index (χ2v) is 10.6. The third-order valence-corrected chi connectivity index (χ3v) is 8.00. The Morgan fingerprint density at radius 2 is 1.91 bits per heavy atom. The highest BCUT2D eigenvalue weighted by atomic mass is 32.2. The first-order valence-corrected chi connectivity index (χ1v) is 12.3. The monoisotopic (exact) mass is 474 g/mol. The molecule has 9 heteroatoms. The Balaban J connectivity index is 1.53. The molecule has 0 saturated heterocycles. The number of aromatic nitrogens is 1. The SMILES string of the molecule is [B]c1ccc2[nH]cc(C[C@H](NS(=O)(=O)c3ccc(C#Cc4ccc(C)cc4)s3)C(=O)O)c2c1. The number of aromatic amines is 1. The lowest BCUT2D eigenvalue weighted by atomic mass is 9.93. The van der Waals surface area contributed by atoms with Crippen LogP contribution in [-0.2, 0) is 21.2 Å². The van der Waals surface area contributed by atoms with Crippen LogP contribution in [0.4, 0.5) is 0 Å². The minimum atomic E-state index is -4.05. The number of fused-ring (bicyclic) bond motifs is 1. The average Bonchev–Trinajstić information content (AvgIpc) is 3.40. The molecule has 6 nitrogen and oxygen atoms in total. The number of benzene rings is 2. The fourth-order valence-electron chi connectivity index (χ4n) is 3.31. The van der Waals surface area contributed by atoms with E-state index in [9.17, 15) is 18.3 Å². The van der Waals surface area contributed by atoms with Gasteiger partial charge in [-0.2, -0.15) is 4.72 Å². The van der Waals surface area contributed by atoms with Gasteiger partial charge in [0, 0.05) is 29.1 Å². The second kappa shape index (κ2) is 9.28. The van der Waals surface area contributed by atoms with E-state index in [4.69, 9.17) is 7.85 Å². The normalized spacial score (nSPS) is 12.3. The van der Waals surface area contributed by atoms with Crippen molar-refractivity contribution in [3.63, 3.8) is 0 Å². The maximum absolute atomic E-state index is 12.9. The van der Waals surface area contributed by atoms with Crippen molar-refractivity contribution in [1.82, 2.24) is 9.71 Å². The van der Waals surface area contributed by atoms with Crippen LogP contribution in [0.25, 0.3) is 10.9 Å². The van der Waals surface area contributed by atoms with Crippen LogP contribution in [0, 0.1) is 18.8 Å². The van der Waals surface area contributed by atoms with Gasteiger partial charge in [-0.25, -0.2) is 8.42 Å². The van der Waals surface area contributed by atoms with Crippen molar-refractivity contribution < 1.29 is 18.3 Å². The summed E-state index contributed by atoms with van der Waals surface area (Å²) in [6.45, 7) is 1.99. The number of hydrogen-bond acceptors (Lipinski definition) is 4. The Morgan fingerprint density at radius 1 is 1.15 bits per heavy atom. The summed E-state index contributed by atoms with van der Waals surface area (Å²) in [7, 11) is 1.79. The first-order chi connectivity index (χ1) is 15.7.